The highest BCUT2D eigenvalue weighted by Gasteiger charge is 2.12. The molecule has 1 N–H and O–H groups in total. The van der Waals surface area contributed by atoms with Crippen molar-refractivity contribution in [3.63, 3.8) is 0 Å². The number of aliphatic carboxylic acids is 1. The molecule has 3 rings (SSSR count). The zero-order chi connectivity index (χ0) is 20.1. The number of carboxylic acids is 1. The van der Waals surface area contributed by atoms with Crippen LogP contribution in [0.4, 0.5) is 0 Å². The number of hydrogen-bond acceptors (Lipinski definition) is 2. The van der Waals surface area contributed by atoms with Gasteiger partial charge in [-0.25, -0.2) is 0 Å². The van der Waals surface area contributed by atoms with Crippen molar-refractivity contribution in [2.75, 3.05) is 6.61 Å². The Morgan fingerprint density at radius 2 is 1.68 bits per heavy atom. The van der Waals surface area contributed by atoms with Crippen molar-refractivity contribution in [2.24, 2.45) is 0 Å². The van der Waals surface area contributed by atoms with Gasteiger partial charge in [0, 0.05) is 11.4 Å². The Morgan fingerprint density at radius 3 is 2.36 bits per heavy atom. The fourth-order valence-electron chi connectivity index (χ4n) is 3.41. The van der Waals surface area contributed by atoms with Crippen LogP contribution in [-0.4, -0.2) is 22.2 Å². The molecule has 4 heteroatoms. The van der Waals surface area contributed by atoms with Gasteiger partial charge in [-0.1, -0.05) is 47.5 Å². The molecule has 0 aliphatic heterocycles. The topological polar surface area (TPSA) is 51.5 Å². The lowest BCUT2D eigenvalue weighted by molar-refractivity contribution is -0.136. The predicted octanol–water partition coefficient (Wildman–Crippen LogP) is 5.18. The number of carboxylic acid groups (broad SMARTS) is 1. The summed E-state index contributed by atoms with van der Waals surface area (Å²) >= 11 is 0. The molecule has 28 heavy (non-hydrogen) atoms. The first kappa shape index (κ1) is 19.7. The van der Waals surface area contributed by atoms with Gasteiger partial charge in [0.25, 0.3) is 0 Å². The standard InChI is InChI=1S/C24H27NO3/c1-17-4-7-20(8-5-17)22-11-9-21(10-13-24(26)27)25(22)14-15-28-23-12-6-18(2)16-19(23)3/h4-9,11-12,16H,10,13-15H2,1-3H3,(H,26,27). The van der Waals surface area contributed by atoms with Gasteiger partial charge < -0.3 is 14.4 Å². The van der Waals surface area contributed by atoms with Crippen LogP contribution in [0.25, 0.3) is 11.3 Å². The largest absolute Gasteiger partial charge is 0.491 e. The summed E-state index contributed by atoms with van der Waals surface area (Å²) in [6.07, 6.45) is 0.625. The van der Waals surface area contributed by atoms with E-state index in [0.29, 0.717) is 19.6 Å². The number of carbonyl (C=O) groups is 1. The van der Waals surface area contributed by atoms with E-state index in [-0.39, 0.29) is 6.42 Å². The highest BCUT2D eigenvalue weighted by Crippen LogP contribution is 2.25. The van der Waals surface area contributed by atoms with Crippen molar-refractivity contribution in [1.29, 1.82) is 0 Å². The van der Waals surface area contributed by atoms with Crippen LogP contribution >= 0.6 is 0 Å². The lowest BCUT2D eigenvalue weighted by atomic mass is 10.1. The number of benzene rings is 2. The summed E-state index contributed by atoms with van der Waals surface area (Å²) in [5.74, 6) is 0.109. The van der Waals surface area contributed by atoms with Crippen LogP contribution in [0.15, 0.2) is 54.6 Å². The minimum absolute atomic E-state index is 0.120. The number of aryl methyl sites for hydroxylation is 4. The minimum atomic E-state index is -0.781. The molecule has 0 atom stereocenters. The van der Waals surface area contributed by atoms with Crippen molar-refractivity contribution >= 4 is 5.97 Å². The highest BCUT2D eigenvalue weighted by molar-refractivity contribution is 5.67. The third kappa shape index (κ3) is 4.83. The molecule has 0 bridgehead atoms. The smallest absolute Gasteiger partial charge is 0.303 e. The Labute approximate surface area is 166 Å². The lowest BCUT2D eigenvalue weighted by Crippen LogP contribution is -2.13. The van der Waals surface area contributed by atoms with Gasteiger partial charge in [0.1, 0.15) is 12.4 Å². The Bertz CT molecular complexity index is 954. The minimum Gasteiger partial charge on any atom is -0.491 e. The van der Waals surface area contributed by atoms with Crippen LogP contribution in [0, 0.1) is 20.8 Å². The molecule has 0 aliphatic rings. The summed E-state index contributed by atoms with van der Waals surface area (Å²) in [6.45, 7) is 7.38. The average Bonchev–Trinajstić information content (AvgIpc) is 3.05. The molecule has 3 aromatic rings. The molecule has 4 nitrogen and oxygen atoms in total. The zero-order valence-corrected chi connectivity index (χ0v) is 16.7. The van der Waals surface area contributed by atoms with Crippen molar-refractivity contribution < 1.29 is 14.6 Å². The summed E-state index contributed by atoms with van der Waals surface area (Å²) in [7, 11) is 0. The first-order valence-corrected chi connectivity index (χ1v) is 9.61. The van der Waals surface area contributed by atoms with Crippen LogP contribution in [0.3, 0.4) is 0 Å². The summed E-state index contributed by atoms with van der Waals surface area (Å²) in [4.78, 5) is 11.0. The van der Waals surface area contributed by atoms with E-state index in [2.05, 4.69) is 54.8 Å². The summed E-state index contributed by atoms with van der Waals surface area (Å²) in [5.41, 5.74) is 6.78. The second-order valence-corrected chi connectivity index (χ2v) is 7.24. The van der Waals surface area contributed by atoms with Crippen LogP contribution in [0.2, 0.25) is 0 Å². The van der Waals surface area contributed by atoms with Crippen molar-refractivity contribution in [2.45, 2.75) is 40.2 Å². The monoisotopic (exact) mass is 377 g/mol. The molecule has 0 saturated carbocycles. The van der Waals surface area contributed by atoms with Crippen molar-refractivity contribution in [3.05, 3.63) is 77.0 Å². The van der Waals surface area contributed by atoms with E-state index in [4.69, 9.17) is 9.84 Å². The van der Waals surface area contributed by atoms with E-state index in [0.717, 1.165) is 28.3 Å². The molecule has 0 unspecified atom stereocenters. The molecule has 0 aliphatic carbocycles. The molecule has 1 heterocycles. The molecule has 0 radical (unpaired) electrons. The van der Waals surface area contributed by atoms with Gasteiger partial charge in [0.2, 0.25) is 0 Å². The Hall–Kier alpha value is -3.01. The maximum atomic E-state index is 11.0. The molecule has 146 valence electrons. The van der Waals surface area contributed by atoms with E-state index in [1.807, 2.05) is 25.1 Å². The van der Waals surface area contributed by atoms with Crippen LogP contribution in [0.5, 0.6) is 5.75 Å². The third-order valence-corrected chi connectivity index (χ3v) is 4.92. The summed E-state index contributed by atoms with van der Waals surface area (Å²) < 4.78 is 8.20. The van der Waals surface area contributed by atoms with Gasteiger partial charge in [0.05, 0.1) is 13.0 Å². The van der Waals surface area contributed by atoms with Gasteiger partial charge in [-0.2, -0.15) is 0 Å². The Kier molecular flexibility index (Phi) is 6.19. The number of rotatable bonds is 8. The summed E-state index contributed by atoms with van der Waals surface area (Å²) in [5, 5.41) is 9.06. The molecule has 2 aromatic carbocycles. The molecular weight excluding hydrogens is 350 g/mol. The number of ether oxygens (including phenoxy) is 1. The van der Waals surface area contributed by atoms with E-state index >= 15 is 0 Å². The number of aromatic nitrogens is 1. The van der Waals surface area contributed by atoms with Gasteiger partial charge in [-0.15, -0.1) is 0 Å². The lowest BCUT2D eigenvalue weighted by Gasteiger charge is -2.15. The Morgan fingerprint density at radius 1 is 0.964 bits per heavy atom. The first-order valence-electron chi connectivity index (χ1n) is 9.61. The van der Waals surface area contributed by atoms with Crippen molar-refractivity contribution in [3.8, 4) is 17.0 Å². The van der Waals surface area contributed by atoms with Crippen LogP contribution in [0.1, 0.15) is 28.8 Å². The predicted molar refractivity (Wildman–Crippen MR) is 112 cm³/mol. The van der Waals surface area contributed by atoms with E-state index < -0.39 is 5.97 Å². The normalized spacial score (nSPS) is 10.8. The fraction of sp³-hybridized carbons (Fsp3) is 0.292. The van der Waals surface area contributed by atoms with Gasteiger partial charge in [-0.05, 0) is 56.5 Å². The number of nitrogens with zero attached hydrogens (tertiary/aromatic N) is 1. The fourth-order valence-corrected chi connectivity index (χ4v) is 3.41. The molecular formula is C24H27NO3. The Balaban J connectivity index is 1.80. The maximum absolute atomic E-state index is 11.0. The van der Waals surface area contributed by atoms with Gasteiger partial charge in [-0.3, -0.25) is 4.79 Å². The number of hydrogen-bond donors (Lipinski definition) is 1. The van der Waals surface area contributed by atoms with E-state index in [1.54, 1.807) is 0 Å². The second-order valence-electron chi connectivity index (χ2n) is 7.24. The van der Waals surface area contributed by atoms with Crippen molar-refractivity contribution in [1.82, 2.24) is 4.57 Å². The van der Waals surface area contributed by atoms with Crippen LogP contribution < -0.4 is 4.74 Å². The highest BCUT2D eigenvalue weighted by atomic mass is 16.5. The molecule has 1 aromatic heterocycles. The molecule has 0 fully saturated rings. The second kappa shape index (κ2) is 8.79. The quantitative estimate of drug-likeness (QED) is 0.589. The molecule has 0 spiro atoms. The van der Waals surface area contributed by atoms with Crippen LogP contribution in [-0.2, 0) is 17.8 Å². The maximum Gasteiger partial charge on any atom is 0.303 e. The first-order chi connectivity index (χ1) is 13.4. The average molecular weight is 377 g/mol. The third-order valence-electron chi connectivity index (χ3n) is 4.92. The van der Waals surface area contributed by atoms with E-state index in [9.17, 15) is 4.79 Å². The molecule has 0 saturated heterocycles. The van der Waals surface area contributed by atoms with Gasteiger partial charge in [0.15, 0.2) is 0 Å². The van der Waals surface area contributed by atoms with Gasteiger partial charge >= 0.3 is 5.97 Å². The SMILES string of the molecule is Cc1ccc(-c2ccc(CCC(=O)O)n2CCOc2ccc(C)cc2C)cc1. The zero-order valence-electron chi connectivity index (χ0n) is 16.7. The summed E-state index contributed by atoms with van der Waals surface area (Å²) in [6, 6.07) is 18.7. The molecule has 0 amide bonds. The van der Waals surface area contributed by atoms with E-state index in [1.165, 1.54) is 11.1 Å².